The summed E-state index contributed by atoms with van der Waals surface area (Å²) in [5.41, 5.74) is -3.19. The van der Waals surface area contributed by atoms with Gasteiger partial charge in [-0.05, 0) is 81.7 Å². The van der Waals surface area contributed by atoms with Crippen molar-refractivity contribution in [1.29, 1.82) is 5.26 Å². The van der Waals surface area contributed by atoms with Crippen LogP contribution in [0.5, 0.6) is 6.01 Å². The monoisotopic (exact) mass is 833 g/mol. The first kappa shape index (κ1) is 46.1. The topological polar surface area (TPSA) is 82.4 Å². The Morgan fingerprint density at radius 3 is 2.28 bits per heavy atom. The highest BCUT2D eigenvalue weighted by atomic mass is 32.1. The van der Waals surface area contributed by atoms with E-state index in [1.54, 1.807) is 44.7 Å². The van der Waals surface area contributed by atoms with Crippen LogP contribution >= 0.6 is 11.3 Å². The molecule has 15 heteroatoms. The van der Waals surface area contributed by atoms with E-state index < -0.39 is 58.7 Å². The van der Waals surface area contributed by atoms with Crippen molar-refractivity contribution in [3.05, 3.63) is 70.1 Å². The largest absolute Gasteiger partial charge is 0.458 e. The molecule has 1 saturated heterocycles. The molecule has 58 heavy (non-hydrogen) atoms. The summed E-state index contributed by atoms with van der Waals surface area (Å²) in [5.74, 6) is -2.07. The van der Waals surface area contributed by atoms with Crippen LogP contribution < -0.4 is 9.64 Å². The number of ketones is 1. The molecule has 314 valence electrons. The SMILES string of the molecule is C=CC(C)=O.CC(C)CCC(C(C)C)N(C)c1nc(OC(C)C2C(=C(F)F)CCN2C)nc2c(F)c(-c3ccc(F)c4sc(C(C)C)c(C#N)c34)c(C(F)(F)F)cc12. The van der Waals surface area contributed by atoms with Crippen LogP contribution in [0.3, 0.4) is 0 Å². The van der Waals surface area contributed by atoms with Crippen molar-refractivity contribution in [3.63, 3.8) is 0 Å². The number of alkyl halides is 3. The van der Waals surface area contributed by atoms with Gasteiger partial charge in [0.1, 0.15) is 29.3 Å². The Labute approximate surface area is 339 Å². The van der Waals surface area contributed by atoms with E-state index in [2.05, 4.69) is 30.4 Å². The molecular formula is C43H50F7N5O2S. The fourth-order valence-corrected chi connectivity index (χ4v) is 8.66. The second kappa shape index (κ2) is 18.6. The number of nitriles is 1. The normalized spacial score (nSPS) is 15.8. The number of nitrogens with zero attached hydrogens (tertiary/aromatic N) is 5. The second-order valence-electron chi connectivity index (χ2n) is 15.7. The average molecular weight is 834 g/mol. The van der Waals surface area contributed by atoms with Gasteiger partial charge in [-0.1, -0.05) is 54.2 Å². The van der Waals surface area contributed by atoms with E-state index in [1.807, 2.05) is 19.9 Å². The molecule has 7 nitrogen and oxygen atoms in total. The summed E-state index contributed by atoms with van der Waals surface area (Å²) in [7, 11) is 3.34. The predicted molar refractivity (Wildman–Crippen MR) is 216 cm³/mol. The van der Waals surface area contributed by atoms with E-state index in [0.717, 1.165) is 36.0 Å². The zero-order chi connectivity index (χ0) is 43.5. The number of rotatable bonds is 12. The summed E-state index contributed by atoms with van der Waals surface area (Å²) in [6.45, 7) is 18.2. The quantitative estimate of drug-likeness (QED) is 0.104. The highest BCUT2D eigenvalue weighted by molar-refractivity contribution is 7.19. The van der Waals surface area contributed by atoms with Crippen LogP contribution in [0.1, 0.15) is 96.6 Å². The van der Waals surface area contributed by atoms with Crippen molar-refractivity contribution >= 4 is 43.9 Å². The average Bonchev–Trinajstić information content (AvgIpc) is 3.73. The van der Waals surface area contributed by atoms with Crippen LogP contribution in [0.15, 0.2) is 42.5 Å². The number of carbonyl (C=O) groups is 1. The van der Waals surface area contributed by atoms with Gasteiger partial charge in [0, 0.05) is 46.4 Å². The molecular weight excluding hydrogens is 784 g/mol. The fourth-order valence-electron chi connectivity index (χ4n) is 7.48. The van der Waals surface area contributed by atoms with E-state index >= 15 is 22.0 Å². The van der Waals surface area contributed by atoms with Gasteiger partial charge in [-0.15, -0.1) is 11.3 Å². The number of anilines is 1. The van der Waals surface area contributed by atoms with E-state index in [4.69, 9.17) is 4.74 Å². The third-order valence-electron chi connectivity index (χ3n) is 10.4. The van der Waals surface area contributed by atoms with Crippen LogP contribution in [0.4, 0.5) is 36.6 Å². The number of hydrogen-bond acceptors (Lipinski definition) is 8. The van der Waals surface area contributed by atoms with Gasteiger partial charge in [-0.2, -0.15) is 37.2 Å². The Hall–Kier alpha value is -4.55. The minimum absolute atomic E-state index is 0.00345. The van der Waals surface area contributed by atoms with Gasteiger partial charge < -0.3 is 9.64 Å². The number of allylic oxidation sites excluding steroid dienone is 1. The predicted octanol–water partition coefficient (Wildman–Crippen LogP) is 12.1. The molecule has 2 aromatic heterocycles. The summed E-state index contributed by atoms with van der Waals surface area (Å²) in [6, 6.07) is 3.34. The molecule has 5 rings (SSSR count). The van der Waals surface area contributed by atoms with E-state index in [0.29, 0.717) is 23.8 Å². The minimum atomic E-state index is -5.10. The zero-order valence-corrected chi connectivity index (χ0v) is 35.2. The van der Waals surface area contributed by atoms with Gasteiger partial charge in [0.15, 0.2) is 11.6 Å². The van der Waals surface area contributed by atoms with Crippen molar-refractivity contribution in [2.75, 3.05) is 25.5 Å². The number of hydrogen-bond donors (Lipinski definition) is 0. The van der Waals surface area contributed by atoms with Crippen molar-refractivity contribution in [3.8, 4) is 23.2 Å². The first-order chi connectivity index (χ1) is 27.0. The smallest absolute Gasteiger partial charge is 0.417 e. The number of aromatic nitrogens is 2. The maximum atomic E-state index is 17.3. The molecule has 0 radical (unpaired) electrons. The number of carbonyl (C=O) groups excluding carboxylic acids is 1. The summed E-state index contributed by atoms with van der Waals surface area (Å²) in [5, 5.41) is 9.80. The van der Waals surface area contributed by atoms with Gasteiger partial charge in [0.05, 0.1) is 21.9 Å². The number of fused-ring (bicyclic) bond motifs is 2. The van der Waals surface area contributed by atoms with Crippen molar-refractivity contribution in [1.82, 2.24) is 14.9 Å². The van der Waals surface area contributed by atoms with Crippen LogP contribution in [0.25, 0.3) is 32.1 Å². The Bertz CT molecular complexity index is 2240. The third-order valence-corrected chi connectivity index (χ3v) is 11.9. The maximum Gasteiger partial charge on any atom is 0.417 e. The lowest BCUT2D eigenvalue weighted by molar-refractivity contribution is -0.137. The standard InChI is InChI=1S/C39H44F7N5OS.C4H6O/c1-18(2)10-13-28(19(3)4)51(9)37-24-16-26(39(44,45)46)30(22-11-12-27(40)35-29(22)25(17-47)34(53-35)20(5)6)31(41)32(24)48-38(49-37)52-21(7)33-23(36(42)43)14-15-50(33)8;1-3-4(2)5/h11-12,16,18-21,28,33H,10,13-15H2,1-9H3;3H,1H2,2H3. The molecule has 0 aliphatic carbocycles. The molecule has 3 atom stereocenters. The molecule has 3 unspecified atom stereocenters. The van der Waals surface area contributed by atoms with Crippen LogP contribution in [0.2, 0.25) is 0 Å². The molecule has 4 aromatic rings. The first-order valence-electron chi connectivity index (χ1n) is 19.1. The Morgan fingerprint density at radius 1 is 1.12 bits per heavy atom. The number of likely N-dealkylation sites (N-methyl/N-ethyl adjacent to an activating group) is 1. The van der Waals surface area contributed by atoms with E-state index in [1.165, 1.54) is 13.0 Å². The first-order valence-corrected chi connectivity index (χ1v) is 19.9. The molecule has 1 aliphatic heterocycles. The highest BCUT2D eigenvalue weighted by Gasteiger charge is 2.40. The number of halogens is 7. The lowest BCUT2D eigenvalue weighted by Crippen LogP contribution is -2.40. The highest BCUT2D eigenvalue weighted by Crippen LogP contribution is 2.48. The zero-order valence-electron chi connectivity index (χ0n) is 34.4. The number of likely N-dealkylation sites (tertiary alicyclic amines) is 1. The van der Waals surface area contributed by atoms with Gasteiger partial charge in [-0.25, -0.2) is 8.78 Å². The van der Waals surface area contributed by atoms with Gasteiger partial charge in [0.25, 0.3) is 6.08 Å². The van der Waals surface area contributed by atoms with Crippen LogP contribution in [0, 0.1) is 34.8 Å². The van der Waals surface area contributed by atoms with Crippen LogP contribution in [-0.2, 0) is 11.0 Å². The van der Waals surface area contributed by atoms with Crippen molar-refractivity contribution < 1.29 is 40.3 Å². The molecule has 0 spiro atoms. The molecule has 1 aliphatic rings. The number of benzene rings is 2. The van der Waals surface area contributed by atoms with Crippen molar-refractivity contribution in [2.45, 2.75) is 105 Å². The molecule has 0 bridgehead atoms. The minimum Gasteiger partial charge on any atom is -0.458 e. The fraction of sp³-hybridized carbons (Fsp3) is 0.488. The Kier molecular flexibility index (Phi) is 14.8. The maximum absolute atomic E-state index is 17.3. The Morgan fingerprint density at radius 2 is 1.76 bits per heavy atom. The molecule has 2 aromatic carbocycles. The third kappa shape index (κ3) is 9.66. The van der Waals surface area contributed by atoms with Crippen molar-refractivity contribution in [2.24, 2.45) is 11.8 Å². The summed E-state index contributed by atoms with van der Waals surface area (Å²) in [6.07, 6.45) is -5.05. The summed E-state index contributed by atoms with van der Waals surface area (Å²) < 4.78 is 112. The molecule has 0 N–H and O–H groups in total. The molecule has 0 amide bonds. The van der Waals surface area contributed by atoms with Gasteiger partial charge in [-0.3, -0.25) is 9.69 Å². The lowest BCUT2D eigenvalue weighted by atomic mass is 9.91. The summed E-state index contributed by atoms with van der Waals surface area (Å²) >= 11 is 0.943. The summed E-state index contributed by atoms with van der Waals surface area (Å²) in [4.78, 5) is 22.4. The van der Waals surface area contributed by atoms with E-state index in [9.17, 15) is 18.8 Å². The second-order valence-corrected chi connectivity index (χ2v) is 16.8. The van der Waals surface area contributed by atoms with E-state index in [-0.39, 0.29) is 68.1 Å². The number of ether oxygens (including phenoxy) is 1. The molecule has 0 saturated carbocycles. The molecule has 1 fully saturated rings. The number of thiophene rings is 1. The van der Waals surface area contributed by atoms with Gasteiger partial charge >= 0.3 is 12.2 Å². The lowest BCUT2D eigenvalue weighted by Gasteiger charge is -2.34. The Balaban J connectivity index is 0.00000140. The van der Waals surface area contributed by atoms with Crippen LogP contribution in [-0.4, -0.2) is 59.5 Å². The molecule has 3 heterocycles. The van der Waals surface area contributed by atoms with Gasteiger partial charge in [0.2, 0.25) is 0 Å².